The Morgan fingerprint density at radius 3 is 2.41 bits per heavy atom. The standard InChI is InChI=1S/C10H9BNO4P/c13-9-4-2-6-1-3-7(11(15)16)5-8(6)10(14)12(9)17/h1-5,15-16H,17H2. The largest absolute Gasteiger partial charge is 0.488 e. The molecule has 2 aromatic rings. The van der Waals surface area contributed by atoms with Gasteiger partial charge in [-0.2, -0.15) is 0 Å². The van der Waals surface area contributed by atoms with Crippen LogP contribution in [0.25, 0.3) is 10.8 Å². The third kappa shape index (κ3) is 2.15. The Balaban J connectivity index is 2.96. The maximum Gasteiger partial charge on any atom is 0.488 e. The van der Waals surface area contributed by atoms with Crippen molar-refractivity contribution in [2.45, 2.75) is 0 Å². The van der Waals surface area contributed by atoms with Crippen molar-refractivity contribution in [1.29, 1.82) is 0 Å². The average molecular weight is 249 g/mol. The molecule has 0 aliphatic rings. The van der Waals surface area contributed by atoms with E-state index < -0.39 is 18.2 Å². The number of aromatic nitrogens is 1. The number of fused-ring (bicyclic) bond motifs is 1. The minimum absolute atomic E-state index is 0.207. The molecule has 1 atom stereocenters. The van der Waals surface area contributed by atoms with Gasteiger partial charge in [0.2, 0.25) is 0 Å². The van der Waals surface area contributed by atoms with Gasteiger partial charge >= 0.3 is 7.12 Å². The molecule has 2 N–H and O–H groups in total. The summed E-state index contributed by atoms with van der Waals surface area (Å²) in [6.45, 7) is 0. The van der Waals surface area contributed by atoms with Gasteiger partial charge in [-0.3, -0.25) is 13.9 Å². The Kier molecular flexibility index (Phi) is 3.11. The van der Waals surface area contributed by atoms with E-state index in [1.54, 1.807) is 6.07 Å². The molecular formula is C10H9BNO4P. The maximum atomic E-state index is 11.9. The van der Waals surface area contributed by atoms with Crippen molar-refractivity contribution in [2.24, 2.45) is 0 Å². The highest BCUT2D eigenvalue weighted by atomic mass is 31.0. The molecule has 1 unspecified atom stereocenters. The molecule has 7 heteroatoms. The van der Waals surface area contributed by atoms with E-state index in [4.69, 9.17) is 10.0 Å². The van der Waals surface area contributed by atoms with Gasteiger partial charge < -0.3 is 10.0 Å². The fourth-order valence-corrected chi connectivity index (χ4v) is 1.76. The molecule has 5 nitrogen and oxygen atoms in total. The number of nitrogens with zero attached hydrogens (tertiary/aromatic N) is 1. The van der Waals surface area contributed by atoms with E-state index in [0.717, 1.165) is 4.34 Å². The SMILES string of the molecule is O=c1ccc2ccc(B(O)O)cc2c(=O)n1P. The molecule has 1 aromatic heterocycles. The molecule has 1 heterocycles. The Morgan fingerprint density at radius 1 is 1.12 bits per heavy atom. The fourth-order valence-electron chi connectivity index (χ4n) is 1.54. The minimum Gasteiger partial charge on any atom is -0.423 e. The summed E-state index contributed by atoms with van der Waals surface area (Å²) in [6.07, 6.45) is 0. The van der Waals surface area contributed by atoms with Crippen molar-refractivity contribution in [3.05, 3.63) is 51.0 Å². The quantitative estimate of drug-likeness (QED) is 0.485. The number of hydrogen-bond acceptors (Lipinski definition) is 4. The molecule has 86 valence electrons. The highest BCUT2D eigenvalue weighted by Gasteiger charge is 2.12. The summed E-state index contributed by atoms with van der Waals surface area (Å²) in [7, 11) is 0.393. The van der Waals surface area contributed by atoms with Gasteiger partial charge in [0.25, 0.3) is 11.1 Å². The predicted octanol–water partition coefficient (Wildman–Crippen LogP) is -1.32. The second-order valence-corrected chi connectivity index (χ2v) is 4.08. The average Bonchev–Trinajstić information content (AvgIpc) is 2.42. The summed E-state index contributed by atoms with van der Waals surface area (Å²) >= 11 is 0. The lowest BCUT2D eigenvalue weighted by Gasteiger charge is -1.99. The molecule has 0 amide bonds. The molecule has 2 rings (SSSR count). The highest BCUT2D eigenvalue weighted by molar-refractivity contribution is 7.14. The molecule has 17 heavy (non-hydrogen) atoms. The Labute approximate surface area is 98.7 Å². The van der Waals surface area contributed by atoms with E-state index in [9.17, 15) is 9.59 Å². The van der Waals surface area contributed by atoms with Crippen molar-refractivity contribution < 1.29 is 10.0 Å². The fraction of sp³-hybridized carbons (Fsp3) is 0. The monoisotopic (exact) mass is 249 g/mol. The van der Waals surface area contributed by atoms with Crippen molar-refractivity contribution in [2.75, 3.05) is 0 Å². The minimum atomic E-state index is -1.64. The van der Waals surface area contributed by atoms with Gasteiger partial charge in [-0.15, -0.1) is 0 Å². The highest BCUT2D eigenvalue weighted by Crippen LogP contribution is 2.05. The molecular weight excluding hydrogens is 240 g/mol. The van der Waals surface area contributed by atoms with Crippen LogP contribution in [0, 0.1) is 0 Å². The summed E-state index contributed by atoms with van der Waals surface area (Å²) in [5.41, 5.74) is -0.733. The van der Waals surface area contributed by atoms with E-state index in [1.807, 2.05) is 9.39 Å². The third-order valence-electron chi connectivity index (χ3n) is 2.47. The first-order chi connectivity index (χ1) is 8.00. The van der Waals surface area contributed by atoms with Crippen molar-refractivity contribution in [3.63, 3.8) is 0 Å². The van der Waals surface area contributed by atoms with Crippen LogP contribution in [0.2, 0.25) is 0 Å². The molecule has 0 spiro atoms. The van der Waals surface area contributed by atoms with Gasteiger partial charge in [-0.1, -0.05) is 12.1 Å². The van der Waals surface area contributed by atoms with E-state index in [0.29, 0.717) is 5.39 Å². The van der Waals surface area contributed by atoms with E-state index in [1.165, 1.54) is 24.3 Å². The van der Waals surface area contributed by atoms with Crippen LogP contribution in [-0.4, -0.2) is 21.5 Å². The van der Waals surface area contributed by atoms with Crippen LogP contribution in [-0.2, 0) is 0 Å². The van der Waals surface area contributed by atoms with E-state index >= 15 is 0 Å². The lowest BCUT2D eigenvalue weighted by atomic mass is 9.80. The number of hydrogen-bond donors (Lipinski definition) is 2. The van der Waals surface area contributed by atoms with Gasteiger partial charge in [0.15, 0.2) is 0 Å². The number of rotatable bonds is 1. The smallest absolute Gasteiger partial charge is 0.423 e. The van der Waals surface area contributed by atoms with Gasteiger partial charge in [-0.25, -0.2) is 0 Å². The van der Waals surface area contributed by atoms with Gasteiger partial charge in [-0.05, 0) is 32.4 Å². The first-order valence-electron chi connectivity index (χ1n) is 4.82. The molecule has 0 radical (unpaired) electrons. The van der Waals surface area contributed by atoms with Crippen molar-refractivity contribution in [1.82, 2.24) is 4.34 Å². The molecule has 0 aliphatic heterocycles. The molecule has 0 fully saturated rings. The van der Waals surface area contributed by atoms with Crippen LogP contribution < -0.4 is 16.6 Å². The van der Waals surface area contributed by atoms with Crippen LogP contribution >= 0.6 is 9.39 Å². The van der Waals surface area contributed by atoms with Crippen LogP contribution in [0.1, 0.15) is 0 Å². The molecule has 0 saturated heterocycles. The second kappa shape index (κ2) is 4.41. The summed E-state index contributed by atoms with van der Waals surface area (Å²) < 4.78 is 0.899. The lowest BCUT2D eigenvalue weighted by molar-refractivity contribution is 0.426. The van der Waals surface area contributed by atoms with Crippen LogP contribution in [0.3, 0.4) is 0 Å². The Hall–Kier alpha value is -1.49. The predicted molar refractivity (Wildman–Crippen MR) is 69.4 cm³/mol. The Morgan fingerprint density at radius 2 is 1.76 bits per heavy atom. The summed E-state index contributed by atoms with van der Waals surface area (Å²) in [4.78, 5) is 23.3. The van der Waals surface area contributed by atoms with Crippen LogP contribution in [0.5, 0.6) is 0 Å². The first kappa shape index (κ1) is 12.0. The topological polar surface area (TPSA) is 79.5 Å². The Bertz CT molecular complexity index is 698. The van der Waals surface area contributed by atoms with Gasteiger partial charge in [0.1, 0.15) is 0 Å². The van der Waals surface area contributed by atoms with E-state index in [2.05, 4.69) is 0 Å². The van der Waals surface area contributed by atoms with E-state index in [-0.39, 0.29) is 10.8 Å². The van der Waals surface area contributed by atoms with Gasteiger partial charge in [0, 0.05) is 11.5 Å². The molecule has 0 aliphatic carbocycles. The normalized spacial score (nSPS) is 10.5. The zero-order valence-corrected chi connectivity index (χ0v) is 9.85. The van der Waals surface area contributed by atoms with Crippen LogP contribution in [0.4, 0.5) is 0 Å². The number of benzene rings is 1. The zero-order valence-electron chi connectivity index (χ0n) is 8.70. The van der Waals surface area contributed by atoms with Gasteiger partial charge in [0.05, 0.1) is 0 Å². The molecule has 0 saturated carbocycles. The second-order valence-electron chi connectivity index (χ2n) is 3.57. The zero-order chi connectivity index (χ0) is 12.6. The first-order valence-corrected chi connectivity index (χ1v) is 5.33. The summed E-state index contributed by atoms with van der Waals surface area (Å²) in [5, 5.41) is 18.9. The summed E-state index contributed by atoms with van der Waals surface area (Å²) in [5.74, 6) is 0. The van der Waals surface area contributed by atoms with Crippen molar-refractivity contribution >= 4 is 32.7 Å². The lowest BCUT2D eigenvalue weighted by Crippen LogP contribution is -2.30. The van der Waals surface area contributed by atoms with Crippen molar-refractivity contribution in [3.8, 4) is 0 Å². The molecule has 1 aromatic carbocycles. The summed E-state index contributed by atoms with van der Waals surface area (Å²) in [6, 6.07) is 7.22. The maximum absolute atomic E-state index is 11.9. The van der Waals surface area contributed by atoms with Crippen LogP contribution in [0.15, 0.2) is 39.9 Å². The molecule has 0 bridgehead atoms. The third-order valence-corrected chi connectivity index (χ3v) is 2.96.